The Bertz CT molecular complexity index is 1190. The molecule has 6 nitrogen and oxygen atoms in total. The number of ether oxygens (including phenoxy) is 2. The summed E-state index contributed by atoms with van der Waals surface area (Å²) < 4.78 is 39.1. The predicted octanol–water partition coefficient (Wildman–Crippen LogP) is 4.18. The van der Waals surface area contributed by atoms with Crippen LogP contribution in [0.15, 0.2) is 77.7 Å². The molecule has 152 valence electrons. The first-order valence-corrected chi connectivity index (χ1v) is 10.8. The number of aryl methyl sites for hydroxylation is 1. The Hall–Kier alpha value is -3.34. The lowest BCUT2D eigenvalue weighted by atomic mass is 10.1. The Morgan fingerprint density at radius 2 is 1.70 bits per heavy atom. The highest BCUT2D eigenvalue weighted by Crippen LogP contribution is 2.37. The minimum Gasteiger partial charge on any atom is -0.454 e. The normalized spacial score (nSPS) is 13.8. The lowest BCUT2D eigenvalue weighted by Crippen LogP contribution is -2.34. The fraction of sp³-hybridized carbons (Fsp3) is 0.174. The largest absolute Gasteiger partial charge is 0.454 e. The Kier molecular flexibility index (Phi) is 5.44. The molecule has 1 aliphatic heterocycles. The van der Waals surface area contributed by atoms with Crippen molar-refractivity contribution in [2.24, 2.45) is 0 Å². The zero-order valence-corrected chi connectivity index (χ0v) is 17.2. The predicted molar refractivity (Wildman–Crippen MR) is 111 cm³/mol. The molecular weight excluding hydrogens is 400 g/mol. The highest BCUT2D eigenvalue weighted by atomic mass is 32.2. The van der Waals surface area contributed by atoms with E-state index in [1.54, 1.807) is 42.5 Å². The first-order valence-electron chi connectivity index (χ1n) is 9.40. The summed E-state index contributed by atoms with van der Waals surface area (Å²) in [6, 6.07) is 22.0. The Morgan fingerprint density at radius 1 is 1.00 bits per heavy atom. The second kappa shape index (κ2) is 8.19. The van der Waals surface area contributed by atoms with E-state index in [9.17, 15) is 13.7 Å². The van der Waals surface area contributed by atoms with Crippen molar-refractivity contribution < 1.29 is 17.9 Å². The summed E-state index contributed by atoms with van der Waals surface area (Å²) in [5.74, 6) is 1.08. The van der Waals surface area contributed by atoms with Crippen molar-refractivity contribution >= 4 is 10.0 Å². The molecule has 0 spiro atoms. The summed E-state index contributed by atoms with van der Waals surface area (Å²) in [4.78, 5) is 0.144. The van der Waals surface area contributed by atoms with Gasteiger partial charge in [0.1, 0.15) is 6.04 Å². The third-order valence-electron chi connectivity index (χ3n) is 4.93. The fourth-order valence-electron chi connectivity index (χ4n) is 3.31. The molecule has 0 fully saturated rings. The molecule has 30 heavy (non-hydrogen) atoms. The van der Waals surface area contributed by atoms with Gasteiger partial charge in [0.2, 0.25) is 16.8 Å². The van der Waals surface area contributed by atoms with Gasteiger partial charge in [-0.3, -0.25) is 0 Å². The van der Waals surface area contributed by atoms with Crippen molar-refractivity contribution in [1.82, 2.24) is 4.31 Å². The molecule has 0 aromatic heterocycles. The van der Waals surface area contributed by atoms with Crippen molar-refractivity contribution in [1.29, 1.82) is 5.26 Å². The van der Waals surface area contributed by atoms with E-state index < -0.39 is 16.1 Å². The number of nitriles is 1. The SMILES string of the molecule is Cc1ccc(S(=O)(=O)N(Cc2ccccc2)[C@H](C#N)c2ccc3c(c2)OCO3)cc1. The molecular formula is C23H20N2O4S. The molecule has 7 heteroatoms. The number of benzene rings is 3. The fourth-order valence-corrected chi connectivity index (χ4v) is 4.83. The molecule has 0 aliphatic carbocycles. The van der Waals surface area contributed by atoms with Crippen LogP contribution in [0.5, 0.6) is 11.5 Å². The summed E-state index contributed by atoms with van der Waals surface area (Å²) in [6.45, 7) is 2.05. The van der Waals surface area contributed by atoms with Crippen LogP contribution < -0.4 is 9.47 Å². The van der Waals surface area contributed by atoms with E-state index in [2.05, 4.69) is 6.07 Å². The van der Waals surface area contributed by atoms with E-state index in [1.165, 1.54) is 4.31 Å². The summed E-state index contributed by atoms with van der Waals surface area (Å²) in [7, 11) is -3.95. The van der Waals surface area contributed by atoms with Gasteiger partial charge in [-0.05, 0) is 42.3 Å². The van der Waals surface area contributed by atoms with E-state index in [0.29, 0.717) is 17.1 Å². The summed E-state index contributed by atoms with van der Waals surface area (Å²) in [5, 5.41) is 10.0. The van der Waals surface area contributed by atoms with Crippen LogP contribution in [0.3, 0.4) is 0 Å². The van der Waals surface area contributed by atoms with Gasteiger partial charge in [0.05, 0.1) is 11.0 Å². The molecule has 1 atom stereocenters. The van der Waals surface area contributed by atoms with Crippen LogP contribution >= 0.6 is 0 Å². The maximum atomic E-state index is 13.6. The van der Waals surface area contributed by atoms with Crippen molar-refractivity contribution in [2.75, 3.05) is 6.79 Å². The average Bonchev–Trinajstić information content (AvgIpc) is 3.23. The Balaban J connectivity index is 1.79. The first-order chi connectivity index (χ1) is 14.5. The average molecular weight is 420 g/mol. The maximum absolute atomic E-state index is 13.6. The summed E-state index contributed by atoms with van der Waals surface area (Å²) in [5.41, 5.74) is 2.26. The molecule has 0 saturated heterocycles. The van der Waals surface area contributed by atoms with Crippen LogP contribution in [0.1, 0.15) is 22.7 Å². The van der Waals surface area contributed by atoms with Crippen LogP contribution in [-0.2, 0) is 16.6 Å². The highest BCUT2D eigenvalue weighted by Gasteiger charge is 2.33. The van der Waals surface area contributed by atoms with Gasteiger partial charge in [-0.1, -0.05) is 54.1 Å². The third kappa shape index (κ3) is 3.88. The molecule has 0 bridgehead atoms. The number of fused-ring (bicyclic) bond motifs is 1. The molecule has 0 amide bonds. The van der Waals surface area contributed by atoms with E-state index in [0.717, 1.165) is 11.1 Å². The van der Waals surface area contributed by atoms with Crippen molar-refractivity contribution in [3.63, 3.8) is 0 Å². The number of nitrogens with zero attached hydrogens (tertiary/aromatic N) is 2. The first kappa shape index (κ1) is 20.0. The van der Waals surface area contributed by atoms with Gasteiger partial charge in [0, 0.05) is 6.54 Å². The highest BCUT2D eigenvalue weighted by molar-refractivity contribution is 7.89. The van der Waals surface area contributed by atoms with Crippen LogP contribution in [0.2, 0.25) is 0 Å². The van der Waals surface area contributed by atoms with Gasteiger partial charge in [0.25, 0.3) is 0 Å². The molecule has 0 saturated carbocycles. The van der Waals surface area contributed by atoms with Crippen molar-refractivity contribution in [3.8, 4) is 17.6 Å². The smallest absolute Gasteiger partial charge is 0.244 e. The standard InChI is InChI=1S/C23H20N2O4S/c1-17-7-10-20(11-8-17)30(26,27)25(15-18-5-3-2-4-6-18)21(14-24)19-9-12-22-23(13-19)29-16-28-22/h2-13,21H,15-16H2,1H3/t21-/m1/s1. The van der Waals surface area contributed by atoms with E-state index in [4.69, 9.17) is 9.47 Å². The van der Waals surface area contributed by atoms with Gasteiger partial charge in [-0.2, -0.15) is 9.57 Å². The van der Waals surface area contributed by atoms with Gasteiger partial charge in [0.15, 0.2) is 11.5 Å². The van der Waals surface area contributed by atoms with Crippen LogP contribution in [0, 0.1) is 18.3 Å². The molecule has 1 aliphatic rings. The van der Waals surface area contributed by atoms with Gasteiger partial charge >= 0.3 is 0 Å². The molecule has 3 aromatic rings. The van der Waals surface area contributed by atoms with Crippen LogP contribution in [-0.4, -0.2) is 19.5 Å². The minimum absolute atomic E-state index is 0.0592. The molecule has 0 unspecified atom stereocenters. The van der Waals surface area contributed by atoms with E-state index >= 15 is 0 Å². The Morgan fingerprint density at radius 3 is 2.40 bits per heavy atom. The molecule has 4 rings (SSSR count). The van der Waals surface area contributed by atoms with Crippen molar-refractivity contribution in [2.45, 2.75) is 24.4 Å². The van der Waals surface area contributed by atoms with Gasteiger partial charge < -0.3 is 9.47 Å². The molecule has 3 aromatic carbocycles. The number of rotatable bonds is 6. The van der Waals surface area contributed by atoms with Crippen LogP contribution in [0.4, 0.5) is 0 Å². The minimum atomic E-state index is -3.95. The Labute approximate surface area is 176 Å². The number of sulfonamides is 1. The second-order valence-corrected chi connectivity index (χ2v) is 8.88. The summed E-state index contributed by atoms with van der Waals surface area (Å²) >= 11 is 0. The number of hydrogen-bond donors (Lipinski definition) is 0. The lowest BCUT2D eigenvalue weighted by Gasteiger charge is -2.27. The van der Waals surface area contributed by atoms with E-state index in [1.807, 2.05) is 37.3 Å². The maximum Gasteiger partial charge on any atom is 0.244 e. The lowest BCUT2D eigenvalue weighted by molar-refractivity contribution is 0.174. The topological polar surface area (TPSA) is 79.6 Å². The van der Waals surface area contributed by atoms with E-state index in [-0.39, 0.29) is 18.2 Å². The van der Waals surface area contributed by atoms with Crippen LogP contribution in [0.25, 0.3) is 0 Å². The zero-order chi connectivity index (χ0) is 21.1. The van der Waals surface area contributed by atoms with Crippen molar-refractivity contribution in [3.05, 3.63) is 89.5 Å². The second-order valence-electron chi connectivity index (χ2n) is 6.99. The summed E-state index contributed by atoms with van der Waals surface area (Å²) in [6.07, 6.45) is 0. The third-order valence-corrected chi connectivity index (χ3v) is 6.76. The molecule has 1 heterocycles. The quantitative estimate of drug-likeness (QED) is 0.598. The van der Waals surface area contributed by atoms with Gasteiger partial charge in [-0.15, -0.1) is 0 Å². The van der Waals surface area contributed by atoms with Gasteiger partial charge in [-0.25, -0.2) is 8.42 Å². The zero-order valence-electron chi connectivity index (χ0n) is 16.4. The molecule has 0 N–H and O–H groups in total. The monoisotopic (exact) mass is 420 g/mol. The number of hydrogen-bond acceptors (Lipinski definition) is 5. The molecule has 0 radical (unpaired) electrons.